The van der Waals surface area contributed by atoms with E-state index in [1.165, 1.54) is 23.6 Å². The monoisotopic (exact) mass is 893 g/mol. The van der Waals surface area contributed by atoms with Gasteiger partial charge in [0.15, 0.2) is 8.32 Å². The third-order valence-electron chi connectivity index (χ3n) is 11.8. The van der Waals surface area contributed by atoms with Gasteiger partial charge in [0.25, 0.3) is 0 Å². The van der Waals surface area contributed by atoms with Crippen LogP contribution in [-0.4, -0.2) is 92.2 Å². The van der Waals surface area contributed by atoms with E-state index in [0.29, 0.717) is 51.9 Å². The van der Waals surface area contributed by atoms with Gasteiger partial charge >= 0.3 is 6.09 Å². The molecule has 1 saturated heterocycles. The SMILES string of the molecule is COc1cc(-c2nccc(-c3cccc(-c4cc(F)c(CN(C[C@@H]5CCC(=O)N5)C(=O)OC(C)(C)C)c(OC)n4)c3Cl)c2Cl)cc2c1CN(CCO[Si](C)(C)C(C)(C)C)CC2. The maximum Gasteiger partial charge on any atom is 0.410 e. The van der Waals surface area contributed by atoms with Crippen LogP contribution in [0.2, 0.25) is 28.2 Å². The number of aromatic nitrogens is 2. The first kappa shape index (κ1) is 46.2. The van der Waals surface area contributed by atoms with E-state index in [1.807, 2.05) is 12.1 Å². The highest BCUT2D eigenvalue weighted by molar-refractivity contribution is 6.74. The molecule has 4 heterocycles. The second-order valence-electron chi connectivity index (χ2n) is 18.3. The molecule has 61 heavy (non-hydrogen) atoms. The van der Waals surface area contributed by atoms with Gasteiger partial charge in [-0.1, -0.05) is 62.2 Å². The van der Waals surface area contributed by atoms with Crippen LogP contribution >= 0.6 is 23.2 Å². The Bertz CT molecular complexity index is 2260. The number of ether oxygens (including phenoxy) is 3. The summed E-state index contributed by atoms with van der Waals surface area (Å²) >= 11 is 14.4. The lowest BCUT2D eigenvalue weighted by Crippen LogP contribution is -2.44. The fourth-order valence-corrected chi connectivity index (χ4v) is 9.09. The van der Waals surface area contributed by atoms with Crippen molar-refractivity contribution in [3.8, 4) is 45.3 Å². The predicted molar refractivity (Wildman–Crippen MR) is 241 cm³/mol. The van der Waals surface area contributed by atoms with Gasteiger partial charge in [0, 0.05) is 85.3 Å². The summed E-state index contributed by atoms with van der Waals surface area (Å²) in [7, 11) is 1.23. The molecule has 2 aromatic carbocycles. The van der Waals surface area contributed by atoms with Gasteiger partial charge in [-0.3, -0.25) is 14.7 Å². The molecule has 1 atom stereocenters. The number of nitrogens with one attached hydrogen (secondary N) is 1. The van der Waals surface area contributed by atoms with Crippen molar-refractivity contribution >= 4 is 43.5 Å². The number of nitrogens with zero attached hydrogens (tertiary/aromatic N) is 4. The van der Waals surface area contributed by atoms with Crippen LogP contribution in [0.1, 0.15) is 71.1 Å². The Morgan fingerprint density at radius 2 is 1.72 bits per heavy atom. The van der Waals surface area contributed by atoms with Crippen LogP contribution in [0.25, 0.3) is 33.6 Å². The fourth-order valence-electron chi connectivity index (χ4n) is 7.40. The van der Waals surface area contributed by atoms with Gasteiger partial charge in [0.1, 0.15) is 17.2 Å². The second-order valence-corrected chi connectivity index (χ2v) is 23.8. The van der Waals surface area contributed by atoms with Crippen molar-refractivity contribution in [1.82, 2.24) is 25.1 Å². The summed E-state index contributed by atoms with van der Waals surface area (Å²) < 4.78 is 40.0. The lowest BCUT2D eigenvalue weighted by atomic mass is 9.94. The number of pyridine rings is 2. The Morgan fingerprint density at radius 3 is 2.38 bits per heavy atom. The molecule has 2 aliphatic rings. The summed E-state index contributed by atoms with van der Waals surface area (Å²) in [4.78, 5) is 38.4. The van der Waals surface area contributed by atoms with Crippen molar-refractivity contribution in [2.75, 3.05) is 40.5 Å². The van der Waals surface area contributed by atoms with E-state index in [0.717, 1.165) is 42.9 Å². The molecule has 1 N–H and O–H groups in total. The minimum Gasteiger partial charge on any atom is -0.496 e. The predicted octanol–water partition coefficient (Wildman–Crippen LogP) is 10.3. The number of rotatable bonds is 13. The number of carbonyl (C=O) groups excluding carboxylic acids is 2. The summed E-state index contributed by atoms with van der Waals surface area (Å²) in [6.07, 6.45) is 2.78. The zero-order valence-corrected chi connectivity index (χ0v) is 39.4. The zero-order valence-electron chi connectivity index (χ0n) is 36.9. The Balaban J connectivity index is 1.26. The van der Waals surface area contributed by atoms with Gasteiger partial charge in [-0.05, 0) is 75.5 Å². The minimum atomic E-state index is -1.84. The largest absolute Gasteiger partial charge is 0.496 e. The first-order valence-corrected chi connectivity index (χ1v) is 24.4. The first-order chi connectivity index (χ1) is 28.7. The highest BCUT2D eigenvalue weighted by Crippen LogP contribution is 2.44. The lowest BCUT2D eigenvalue weighted by Gasteiger charge is -2.37. The number of amides is 2. The van der Waals surface area contributed by atoms with Crippen LogP contribution in [0.4, 0.5) is 9.18 Å². The van der Waals surface area contributed by atoms with E-state index in [9.17, 15) is 9.59 Å². The standard InChI is InChI=1S/C46H58Cl2FN5O6Si/c1-45(2,3)60-44(56)54(25-30-14-15-39(55)51-30)27-35-36(49)24-37(52-43(35)58-8)33-13-11-12-31(40(33)47)32-16-18-50-42(41(32)48)29-22-28-17-19-53(26-34(28)38(23-29)57-7)20-21-59-61(9,10)46(4,5)6/h11-13,16,18,22-24,30H,14-15,17,19-21,25-27H2,1-10H3,(H,51,55)/t30-/m0/s1. The molecule has 0 bridgehead atoms. The molecule has 0 saturated carbocycles. The quantitative estimate of drug-likeness (QED) is 0.131. The number of benzene rings is 2. The molecule has 2 aliphatic heterocycles. The van der Waals surface area contributed by atoms with Crippen molar-refractivity contribution in [3.63, 3.8) is 0 Å². The minimum absolute atomic E-state index is 0.0197. The molecule has 11 nitrogen and oxygen atoms in total. The first-order valence-electron chi connectivity index (χ1n) is 20.7. The Hall–Kier alpha value is -4.27. The van der Waals surface area contributed by atoms with Gasteiger partial charge in [-0.25, -0.2) is 14.2 Å². The van der Waals surface area contributed by atoms with Gasteiger partial charge in [0.05, 0.1) is 47.8 Å². The van der Waals surface area contributed by atoms with Crippen LogP contribution in [-0.2, 0) is 33.5 Å². The van der Waals surface area contributed by atoms with E-state index >= 15 is 4.39 Å². The molecule has 1 fully saturated rings. The maximum absolute atomic E-state index is 16.3. The number of fused-ring (bicyclic) bond motifs is 1. The fraction of sp³-hybridized carbons (Fsp3) is 0.478. The van der Waals surface area contributed by atoms with Crippen molar-refractivity contribution in [3.05, 3.63) is 81.2 Å². The molecular weight excluding hydrogens is 837 g/mol. The number of halogens is 3. The number of hydrogen-bond donors (Lipinski definition) is 1. The third-order valence-corrected chi connectivity index (χ3v) is 17.1. The van der Waals surface area contributed by atoms with Gasteiger partial charge in [0.2, 0.25) is 11.8 Å². The zero-order chi connectivity index (χ0) is 44.4. The van der Waals surface area contributed by atoms with Crippen LogP contribution in [0, 0.1) is 5.82 Å². The van der Waals surface area contributed by atoms with Crippen molar-refractivity contribution < 1.29 is 32.6 Å². The van der Waals surface area contributed by atoms with E-state index in [4.69, 9.17) is 46.8 Å². The molecule has 4 aromatic rings. The number of methoxy groups -OCH3 is 2. The Labute approximate surface area is 370 Å². The molecule has 6 rings (SSSR count). The molecule has 0 spiro atoms. The van der Waals surface area contributed by atoms with Crippen LogP contribution < -0.4 is 14.8 Å². The summed E-state index contributed by atoms with van der Waals surface area (Å²) in [6, 6.07) is 12.3. The topological polar surface area (TPSA) is 115 Å². The average Bonchev–Trinajstić information content (AvgIpc) is 3.60. The van der Waals surface area contributed by atoms with E-state index in [-0.39, 0.29) is 47.2 Å². The van der Waals surface area contributed by atoms with Gasteiger partial charge in [-0.15, -0.1) is 0 Å². The molecule has 0 radical (unpaired) electrons. The third kappa shape index (κ3) is 10.7. The molecule has 2 amide bonds. The van der Waals surface area contributed by atoms with Crippen molar-refractivity contribution in [2.45, 2.75) is 104 Å². The van der Waals surface area contributed by atoms with Crippen molar-refractivity contribution in [2.24, 2.45) is 0 Å². The van der Waals surface area contributed by atoms with E-state index in [1.54, 1.807) is 52.3 Å². The van der Waals surface area contributed by atoms with Gasteiger partial charge < -0.3 is 28.9 Å². The molecule has 0 unspecified atom stereocenters. The average molecular weight is 895 g/mol. The highest BCUT2D eigenvalue weighted by atomic mass is 35.5. The molecule has 2 aromatic heterocycles. The molecule has 15 heteroatoms. The Kier molecular flexibility index (Phi) is 14.1. The summed E-state index contributed by atoms with van der Waals surface area (Å²) in [6.45, 7) is 19.7. The lowest BCUT2D eigenvalue weighted by molar-refractivity contribution is -0.119. The van der Waals surface area contributed by atoms with E-state index < -0.39 is 25.8 Å². The Morgan fingerprint density at radius 1 is 1.00 bits per heavy atom. The van der Waals surface area contributed by atoms with Gasteiger partial charge in [-0.2, -0.15) is 0 Å². The number of hydrogen-bond acceptors (Lipinski definition) is 9. The van der Waals surface area contributed by atoms with E-state index in [2.05, 4.69) is 55.1 Å². The smallest absolute Gasteiger partial charge is 0.410 e. The highest BCUT2D eigenvalue weighted by Gasteiger charge is 2.37. The molecular formula is C46H58Cl2FN5O6Si. The molecule has 0 aliphatic carbocycles. The summed E-state index contributed by atoms with van der Waals surface area (Å²) in [5, 5.41) is 3.73. The summed E-state index contributed by atoms with van der Waals surface area (Å²) in [5.74, 6) is 0.00216. The maximum atomic E-state index is 16.3. The normalized spacial score (nSPS) is 16.0. The van der Waals surface area contributed by atoms with Crippen molar-refractivity contribution in [1.29, 1.82) is 0 Å². The van der Waals surface area contributed by atoms with Crippen LogP contribution in [0.3, 0.4) is 0 Å². The summed E-state index contributed by atoms with van der Waals surface area (Å²) in [5.41, 5.74) is 4.91. The number of carbonyl (C=O) groups is 2. The van der Waals surface area contributed by atoms with Crippen LogP contribution in [0.5, 0.6) is 11.6 Å². The second kappa shape index (κ2) is 18.6. The van der Waals surface area contributed by atoms with Crippen LogP contribution in [0.15, 0.2) is 48.7 Å². The molecule has 328 valence electrons.